The Balaban J connectivity index is 2.42. The average molecular weight is 286 g/mol. The van der Waals surface area contributed by atoms with E-state index in [2.05, 4.69) is 15.6 Å². The summed E-state index contributed by atoms with van der Waals surface area (Å²) >= 11 is 5.67. The Bertz CT molecular complexity index is 436. The number of aliphatic carboxylic acids is 1. The van der Waals surface area contributed by atoms with Crippen molar-refractivity contribution in [3.63, 3.8) is 0 Å². The maximum atomic E-state index is 11.6. The number of carboxylic acid groups (broad SMARTS) is 1. The van der Waals surface area contributed by atoms with E-state index in [1.165, 1.54) is 6.20 Å². The summed E-state index contributed by atoms with van der Waals surface area (Å²) in [5, 5.41) is 14.6. The molecule has 0 aliphatic rings. The van der Waals surface area contributed by atoms with Crippen molar-refractivity contribution in [2.24, 2.45) is 0 Å². The summed E-state index contributed by atoms with van der Waals surface area (Å²) in [7, 11) is 0. The Morgan fingerprint density at radius 3 is 2.74 bits per heavy atom. The highest BCUT2D eigenvalue weighted by molar-refractivity contribution is 6.30. The number of anilines is 1. The van der Waals surface area contributed by atoms with Crippen LogP contribution in [0.25, 0.3) is 0 Å². The van der Waals surface area contributed by atoms with Crippen LogP contribution in [0.2, 0.25) is 5.02 Å². The normalized spacial score (nSPS) is 11.9. The molecule has 1 amide bonds. The molecule has 3 N–H and O–H groups in total. The van der Waals surface area contributed by atoms with Gasteiger partial charge in [-0.1, -0.05) is 24.9 Å². The van der Waals surface area contributed by atoms with Gasteiger partial charge >= 0.3 is 5.97 Å². The number of carbonyl (C=O) groups excluding carboxylic acids is 1. The molecule has 0 aliphatic heterocycles. The summed E-state index contributed by atoms with van der Waals surface area (Å²) in [6.45, 7) is 1.80. The van der Waals surface area contributed by atoms with Gasteiger partial charge in [-0.05, 0) is 18.6 Å². The van der Waals surface area contributed by atoms with Crippen LogP contribution in [0.3, 0.4) is 0 Å². The molecule has 19 heavy (non-hydrogen) atoms. The first-order valence-corrected chi connectivity index (χ1v) is 6.28. The summed E-state index contributed by atoms with van der Waals surface area (Å²) in [6, 6.07) is 2.46. The molecule has 1 rings (SSSR count). The van der Waals surface area contributed by atoms with Crippen molar-refractivity contribution < 1.29 is 14.7 Å². The minimum absolute atomic E-state index is 0.0821. The third-order valence-electron chi connectivity index (χ3n) is 2.38. The molecule has 1 heterocycles. The predicted octanol–water partition coefficient (Wildman–Crippen LogP) is 1.52. The Morgan fingerprint density at radius 1 is 1.47 bits per heavy atom. The summed E-state index contributed by atoms with van der Waals surface area (Å²) < 4.78 is 0. The van der Waals surface area contributed by atoms with Crippen LogP contribution in [0.5, 0.6) is 0 Å². The van der Waals surface area contributed by atoms with Gasteiger partial charge in [-0.25, -0.2) is 4.98 Å². The molecule has 0 fully saturated rings. The standard InChI is InChI=1S/C12H16ClN3O3/c1-2-3-9(12(18)19)14-7-11(17)16-10-5-4-8(13)6-15-10/h4-6,9,14H,2-3,7H2,1H3,(H,18,19)(H,15,16,17). The van der Waals surface area contributed by atoms with Crippen LogP contribution in [-0.2, 0) is 9.59 Å². The van der Waals surface area contributed by atoms with E-state index in [1.54, 1.807) is 12.1 Å². The van der Waals surface area contributed by atoms with Gasteiger partial charge in [-0.2, -0.15) is 0 Å². The van der Waals surface area contributed by atoms with Crippen molar-refractivity contribution in [1.29, 1.82) is 0 Å². The van der Waals surface area contributed by atoms with Gasteiger partial charge in [0.25, 0.3) is 0 Å². The Morgan fingerprint density at radius 2 is 2.21 bits per heavy atom. The molecule has 104 valence electrons. The first-order valence-electron chi connectivity index (χ1n) is 5.90. The quantitative estimate of drug-likeness (QED) is 0.706. The van der Waals surface area contributed by atoms with Gasteiger partial charge in [0.2, 0.25) is 5.91 Å². The van der Waals surface area contributed by atoms with Crippen molar-refractivity contribution in [1.82, 2.24) is 10.3 Å². The topological polar surface area (TPSA) is 91.3 Å². The molecule has 0 radical (unpaired) electrons. The molecular formula is C12H16ClN3O3. The van der Waals surface area contributed by atoms with Crippen LogP contribution in [0.4, 0.5) is 5.82 Å². The van der Waals surface area contributed by atoms with Gasteiger partial charge in [-0.3, -0.25) is 14.9 Å². The lowest BCUT2D eigenvalue weighted by Gasteiger charge is -2.13. The summed E-state index contributed by atoms with van der Waals surface area (Å²) in [6.07, 6.45) is 2.62. The number of hydrogen-bond acceptors (Lipinski definition) is 4. The van der Waals surface area contributed by atoms with Gasteiger partial charge in [0.05, 0.1) is 11.6 Å². The number of carboxylic acids is 1. The maximum absolute atomic E-state index is 11.6. The van der Waals surface area contributed by atoms with Gasteiger partial charge in [0.1, 0.15) is 11.9 Å². The van der Waals surface area contributed by atoms with E-state index in [0.29, 0.717) is 17.3 Å². The minimum Gasteiger partial charge on any atom is -0.480 e. The lowest BCUT2D eigenvalue weighted by Crippen LogP contribution is -2.41. The van der Waals surface area contributed by atoms with Crippen molar-refractivity contribution in [3.05, 3.63) is 23.4 Å². The number of hydrogen-bond donors (Lipinski definition) is 3. The van der Waals surface area contributed by atoms with Crippen molar-refractivity contribution in [2.75, 3.05) is 11.9 Å². The highest BCUT2D eigenvalue weighted by atomic mass is 35.5. The number of amides is 1. The van der Waals surface area contributed by atoms with Gasteiger partial charge in [0.15, 0.2) is 0 Å². The van der Waals surface area contributed by atoms with Crippen LogP contribution < -0.4 is 10.6 Å². The maximum Gasteiger partial charge on any atom is 0.320 e. The zero-order valence-corrected chi connectivity index (χ0v) is 11.3. The van der Waals surface area contributed by atoms with Gasteiger partial charge in [0, 0.05) is 6.20 Å². The molecule has 6 nitrogen and oxygen atoms in total. The number of pyridine rings is 1. The average Bonchev–Trinajstić information content (AvgIpc) is 2.37. The van der Waals surface area contributed by atoms with Crippen molar-refractivity contribution in [3.8, 4) is 0 Å². The van der Waals surface area contributed by atoms with E-state index in [9.17, 15) is 9.59 Å². The summed E-state index contributed by atoms with van der Waals surface area (Å²) in [4.78, 5) is 26.4. The Labute approximate surface area is 116 Å². The molecule has 0 saturated carbocycles. The first-order chi connectivity index (χ1) is 9.02. The van der Waals surface area contributed by atoms with E-state index >= 15 is 0 Å². The second kappa shape index (κ2) is 7.70. The van der Waals surface area contributed by atoms with Crippen LogP contribution >= 0.6 is 11.6 Å². The molecule has 7 heteroatoms. The lowest BCUT2D eigenvalue weighted by molar-refractivity contribution is -0.139. The second-order valence-corrected chi connectivity index (χ2v) is 4.41. The number of halogens is 1. The fourth-order valence-corrected chi connectivity index (χ4v) is 1.57. The van der Waals surface area contributed by atoms with Crippen LogP contribution in [0, 0.1) is 0 Å². The van der Waals surface area contributed by atoms with Crippen LogP contribution in [0.1, 0.15) is 19.8 Å². The molecule has 1 atom stereocenters. The smallest absolute Gasteiger partial charge is 0.320 e. The predicted molar refractivity (Wildman–Crippen MR) is 72.2 cm³/mol. The monoisotopic (exact) mass is 285 g/mol. The van der Waals surface area contributed by atoms with Crippen molar-refractivity contribution >= 4 is 29.3 Å². The molecule has 1 aromatic heterocycles. The molecule has 0 aromatic carbocycles. The van der Waals surface area contributed by atoms with Crippen molar-refractivity contribution in [2.45, 2.75) is 25.8 Å². The largest absolute Gasteiger partial charge is 0.480 e. The van der Waals surface area contributed by atoms with Crippen LogP contribution in [-0.4, -0.2) is 34.6 Å². The second-order valence-electron chi connectivity index (χ2n) is 3.97. The van der Waals surface area contributed by atoms with E-state index in [1.807, 2.05) is 6.92 Å². The Kier molecular flexibility index (Phi) is 6.24. The number of nitrogens with one attached hydrogen (secondary N) is 2. The third kappa shape index (κ3) is 5.67. The molecule has 0 aliphatic carbocycles. The zero-order valence-electron chi connectivity index (χ0n) is 10.5. The fourth-order valence-electron chi connectivity index (χ4n) is 1.45. The van der Waals surface area contributed by atoms with Gasteiger partial charge in [-0.15, -0.1) is 0 Å². The van der Waals surface area contributed by atoms with Gasteiger partial charge < -0.3 is 10.4 Å². The molecular weight excluding hydrogens is 270 g/mol. The zero-order chi connectivity index (χ0) is 14.3. The SMILES string of the molecule is CCCC(NCC(=O)Nc1ccc(Cl)cn1)C(=O)O. The molecule has 0 saturated heterocycles. The number of carbonyl (C=O) groups is 2. The number of nitrogens with zero attached hydrogens (tertiary/aromatic N) is 1. The number of aromatic nitrogens is 1. The first kappa shape index (κ1) is 15.4. The fraction of sp³-hybridized carbons (Fsp3) is 0.417. The number of rotatable bonds is 7. The summed E-state index contributed by atoms with van der Waals surface area (Å²) in [5.41, 5.74) is 0. The van der Waals surface area contributed by atoms with E-state index < -0.39 is 12.0 Å². The third-order valence-corrected chi connectivity index (χ3v) is 2.60. The molecule has 1 unspecified atom stereocenters. The van der Waals surface area contributed by atoms with Crippen LogP contribution in [0.15, 0.2) is 18.3 Å². The highest BCUT2D eigenvalue weighted by Crippen LogP contribution is 2.09. The van der Waals surface area contributed by atoms with E-state index in [-0.39, 0.29) is 12.5 Å². The minimum atomic E-state index is -0.959. The molecule has 0 bridgehead atoms. The van der Waals surface area contributed by atoms with E-state index in [0.717, 1.165) is 6.42 Å². The molecule has 1 aromatic rings. The Hall–Kier alpha value is -1.66. The lowest BCUT2D eigenvalue weighted by atomic mass is 10.2. The summed E-state index contributed by atoms with van der Waals surface area (Å²) in [5.74, 6) is -0.935. The highest BCUT2D eigenvalue weighted by Gasteiger charge is 2.16. The molecule has 0 spiro atoms. The van der Waals surface area contributed by atoms with E-state index in [4.69, 9.17) is 16.7 Å².